The maximum atomic E-state index is 13.8. The number of aliphatic hydroxyl groups excluding tert-OH is 1. The monoisotopic (exact) mass is 405 g/mol. The molecule has 0 saturated heterocycles. The first-order valence-electron chi connectivity index (χ1n) is 6.98. The third-order valence-electron chi connectivity index (χ3n) is 3.68. The normalized spacial score (nSPS) is 20.7. The molecule has 2 atom stereocenters. The zero-order valence-electron chi connectivity index (χ0n) is 12.6. The first-order chi connectivity index (χ1) is 12.2. The molecular formula is C16H8ClF4NO3S. The van der Waals surface area contributed by atoms with Crippen LogP contribution in [0.4, 0.5) is 17.6 Å². The lowest BCUT2D eigenvalue weighted by Gasteiger charge is -2.14. The van der Waals surface area contributed by atoms with Crippen molar-refractivity contribution in [1.29, 1.82) is 5.26 Å². The Morgan fingerprint density at radius 3 is 2.62 bits per heavy atom. The Morgan fingerprint density at radius 2 is 2.00 bits per heavy atom. The van der Waals surface area contributed by atoms with Crippen molar-refractivity contribution in [2.45, 2.75) is 22.7 Å². The van der Waals surface area contributed by atoms with Gasteiger partial charge in [0.25, 0.3) is 6.43 Å². The lowest BCUT2D eigenvalue weighted by molar-refractivity contribution is -0.0344. The smallest absolute Gasteiger partial charge is 0.354 e. The summed E-state index contributed by atoms with van der Waals surface area (Å²) in [5.41, 5.74) is -1.45. The van der Waals surface area contributed by atoms with Gasteiger partial charge in [-0.1, -0.05) is 17.7 Å². The Bertz CT molecular complexity index is 961. The van der Waals surface area contributed by atoms with Gasteiger partial charge in [-0.25, -0.2) is 13.0 Å². The minimum Gasteiger partial charge on any atom is -0.457 e. The maximum absolute atomic E-state index is 13.8. The highest BCUT2D eigenvalue weighted by atomic mass is 35.5. The van der Waals surface area contributed by atoms with Gasteiger partial charge in [-0.3, -0.25) is 0 Å². The number of alkyl halides is 4. The van der Waals surface area contributed by atoms with Gasteiger partial charge >= 0.3 is 5.25 Å². The molecular weight excluding hydrogens is 398 g/mol. The molecule has 0 aliphatic carbocycles. The van der Waals surface area contributed by atoms with E-state index in [2.05, 4.69) is 0 Å². The van der Waals surface area contributed by atoms with Crippen molar-refractivity contribution in [3.05, 3.63) is 52.0 Å². The zero-order chi connectivity index (χ0) is 19.2. The van der Waals surface area contributed by atoms with Gasteiger partial charge in [0, 0.05) is 10.6 Å². The molecule has 0 saturated carbocycles. The van der Waals surface area contributed by atoms with Crippen LogP contribution in [0.1, 0.15) is 29.2 Å². The molecule has 4 nitrogen and oxygen atoms in total. The molecule has 26 heavy (non-hydrogen) atoms. The minimum atomic E-state index is -4.09. The number of aliphatic hydroxyl groups is 1. The highest BCUT2D eigenvalue weighted by Crippen LogP contribution is 2.51. The van der Waals surface area contributed by atoms with Crippen LogP contribution in [0.5, 0.6) is 11.5 Å². The fourth-order valence-electron chi connectivity index (χ4n) is 2.55. The molecule has 0 spiro atoms. The summed E-state index contributed by atoms with van der Waals surface area (Å²) in [7, 11) is -3.17. The van der Waals surface area contributed by atoms with E-state index >= 15 is 0 Å². The molecule has 2 aromatic rings. The van der Waals surface area contributed by atoms with Crippen LogP contribution in [0, 0.1) is 11.3 Å². The number of hydrogen-bond donors (Lipinski definition) is 1. The minimum absolute atomic E-state index is 0.0769. The molecule has 1 N–H and O–H groups in total. The van der Waals surface area contributed by atoms with Crippen molar-refractivity contribution in [1.82, 2.24) is 0 Å². The van der Waals surface area contributed by atoms with Gasteiger partial charge in [0.15, 0.2) is 6.10 Å². The average molecular weight is 406 g/mol. The van der Waals surface area contributed by atoms with Crippen LogP contribution in [0.2, 0.25) is 5.02 Å². The van der Waals surface area contributed by atoms with Gasteiger partial charge in [0.1, 0.15) is 22.3 Å². The summed E-state index contributed by atoms with van der Waals surface area (Å²) in [6.07, 6.45) is -5.75. The molecule has 136 valence electrons. The number of nitrogens with zero attached hydrogens (tertiary/aromatic N) is 1. The molecule has 2 aromatic carbocycles. The molecule has 1 aliphatic heterocycles. The van der Waals surface area contributed by atoms with Gasteiger partial charge in [-0.2, -0.15) is 14.0 Å². The van der Waals surface area contributed by atoms with E-state index in [1.165, 1.54) is 18.2 Å². The highest BCUT2D eigenvalue weighted by molar-refractivity contribution is 7.86. The van der Waals surface area contributed by atoms with E-state index in [0.29, 0.717) is 0 Å². The third kappa shape index (κ3) is 2.94. The molecule has 0 fully saturated rings. The molecule has 3 rings (SSSR count). The number of hydrogen-bond acceptors (Lipinski definition) is 4. The topological polar surface area (TPSA) is 70.3 Å². The largest absolute Gasteiger partial charge is 0.457 e. The molecule has 10 heteroatoms. The summed E-state index contributed by atoms with van der Waals surface area (Å²) < 4.78 is 71.9. The van der Waals surface area contributed by atoms with E-state index < -0.39 is 50.4 Å². The van der Waals surface area contributed by atoms with Crippen LogP contribution in [0.3, 0.4) is 0 Å². The summed E-state index contributed by atoms with van der Waals surface area (Å²) in [4.78, 5) is -0.850. The second-order valence-electron chi connectivity index (χ2n) is 5.32. The van der Waals surface area contributed by atoms with Crippen molar-refractivity contribution in [3.63, 3.8) is 0 Å². The Hall–Kier alpha value is -2.15. The second-order valence-corrected chi connectivity index (χ2v) is 7.25. The van der Waals surface area contributed by atoms with Crippen LogP contribution < -0.4 is 4.74 Å². The van der Waals surface area contributed by atoms with E-state index in [-0.39, 0.29) is 16.3 Å². The fraction of sp³-hybridized carbons (Fsp3) is 0.188. The number of ether oxygens (including phenoxy) is 1. The first-order valence-corrected chi connectivity index (χ1v) is 8.50. The number of halogens is 5. The molecule has 0 amide bonds. The Morgan fingerprint density at radius 1 is 1.31 bits per heavy atom. The predicted octanol–water partition coefficient (Wildman–Crippen LogP) is 4.69. The van der Waals surface area contributed by atoms with Crippen LogP contribution in [0.25, 0.3) is 0 Å². The lowest BCUT2D eigenvalue weighted by atomic mass is 10.1. The quantitative estimate of drug-likeness (QED) is 0.752. The standard InChI is InChI=1S/C16H8ClF4NO3S/c17-8-3-7(6-22)4-9(5-8)25-11-2-1-10-13(12(11)15(18)19)26(24)16(20,21)14(10)23/h1-5,14-15,23H. The van der Waals surface area contributed by atoms with Crippen molar-refractivity contribution >= 4 is 22.4 Å². The van der Waals surface area contributed by atoms with Gasteiger partial charge in [-0.15, -0.1) is 0 Å². The van der Waals surface area contributed by atoms with Gasteiger partial charge in [0.2, 0.25) is 0 Å². The summed E-state index contributed by atoms with van der Waals surface area (Å²) in [5.74, 6) is -0.602. The molecule has 0 radical (unpaired) electrons. The van der Waals surface area contributed by atoms with Gasteiger partial charge in [-0.05, 0) is 24.3 Å². The van der Waals surface area contributed by atoms with Crippen molar-refractivity contribution in [3.8, 4) is 17.6 Å². The van der Waals surface area contributed by atoms with Crippen molar-refractivity contribution in [2.75, 3.05) is 0 Å². The molecule has 1 heterocycles. The molecule has 2 unspecified atom stereocenters. The number of fused-ring (bicyclic) bond motifs is 1. The summed E-state index contributed by atoms with van der Waals surface area (Å²) in [5, 5.41) is 14.5. The van der Waals surface area contributed by atoms with Gasteiger partial charge < -0.3 is 9.84 Å². The first kappa shape index (κ1) is 18.6. The van der Waals surface area contributed by atoms with Crippen molar-refractivity contribution < 1.29 is 31.6 Å². The summed E-state index contributed by atoms with van der Waals surface area (Å²) in [6, 6.07) is 7.50. The third-order valence-corrected chi connectivity index (χ3v) is 5.44. The van der Waals surface area contributed by atoms with E-state index in [9.17, 15) is 26.9 Å². The predicted molar refractivity (Wildman–Crippen MR) is 84.0 cm³/mol. The second kappa shape index (κ2) is 6.54. The molecule has 1 aliphatic rings. The number of rotatable bonds is 3. The Labute approximate surface area is 152 Å². The van der Waals surface area contributed by atoms with Crippen LogP contribution in [-0.4, -0.2) is 14.6 Å². The van der Waals surface area contributed by atoms with Crippen LogP contribution in [-0.2, 0) is 10.8 Å². The average Bonchev–Trinajstić information content (AvgIpc) is 2.74. The Kier molecular flexibility index (Phi) is 4.69. The van der Waals surface area contributed by atoms with E-state index in [1.54, 1.807) is 6.07 Å². The fourth-order valence-corrected chi connectivity index (χ4v) is 4.16. The molecule has 0 aromatic heterocycles. The summed E-state index contributed by atoms with van der Waals surface area (Å²) >= 11 is 5.81. The van der Waals surface area contributed by atoms with E-state index in [0.717, 1.165) is 12.1 Å². The highest BCUT2D eigenvalue weighted by Gasteiger charge is 2.56. The number of nitriles is 1. The van der Waals surface area contributed by atoms with E-state index in [1.807, 2.05) is 0 Å². The summed E-state index contributed by atoms with van der Waals surface area (Å²) in [6.45, 7) is 0. The number of benzene rings is 2. The van der Waals surface area contributed by atoms with Crippen molar-refractivity contribution in [2.24, 2.45) is 0 Å². The van der Waals surface area contributed by atoms with E-state index in [4.69, 9.17) is 21.6 Å². The molecule has 0 bridgehead atoms. The Balaban J connectivity index is 2.14. The zero-order valence-corrected chi connectivity index (χ0v) is 14.1. The van der Waals surface area contributed by atoms with Crippen LogP contribution in [0.15, 0.2) is 35.2 Å². The van der Waals surface area contributed by atoms with Crippen LogP contribution >= 0.6 is 11.6 Å². The lowest BCUT2D eigenvalue weighted by Crippen LogP contribution is -2.24. The maximum Gasteiger partial charge on any atom is 0.354 e. The SMILES string of the molecule is N#Cc1cc(Cl)cc(Oc2ccc3c(c2C(F)F)S(=O)C(F)(F)C3O)c1. The van der Waals surface area contributed by atoms with Gasteiger partial charge in [0.05, 0.1) is 22.1 Å².